The van der Waals surface area contributed by atoms with E-state index in [9.17, 15) is 9.59 Å². The molecule has 2 aromatic rings. The number of nitrogens with one attached hydrogen (secondary N) is 1. The number of hydrogen-bond acceptors (Lipinski definition) is 4. The molecule has 0 fully saturated rings. The zero-order valence-electron chi connectivity index (χ0n) is 14.4. The van der Waals surface area contributed by atoms with Gasteiger partial charge in [0.25, 0.3) is 5.56 Å². The molecule has 1 aromatic heterocycles. The van der Waals surface area contributed by atoms with Gasteiger partial charge in [-0.05, 0) is 38.0 Å². The predicted molar refractivity (Wildman–Crippen MR) is 92.6 cm³/mol. The van der Waals surface area contributed by atoms with Crippen LogP contribution in [0.15, 0.2) is 40.1 Å². The topological polar surface area (TPSA) is 73.3 Å². The fourth-order valence-electron chi connectivity index (χ4n) is 2.19. The van der Waals surface area contributed by atoms with Gasteiger partial charge in [0.2, 0.25) is 0 Å². The summed E-state index contributed by atoms with van der Waals surface area (Å²) in [6, 6.07) is 7.63. The largest absolute Gasteiger partial charge is 0.494 e. The Morgan fingerprint density at radius 2 is 2.04 bits per heavy atom. The lowest BCUT2D eigenvalue weighted by molar-refractivity contribution is 0.0259. The number of nitrogens with zero attached hydrogens (tertiary/aromatic N) is 1. The van der Waals surface area contributed by atoms with E-state index in [0.717, 1.165) is 17.7 Å². The first-order valence-electron chi connectivity index (χ1n) is 8.15. The second kappa shape index (κ2) is 8.49. The van der Waals surface area contributed by atoms with Crippen molar-refractivity contribution in [1.29, 1.82) is 0 Å². The standard InChI is InChI=1S/C18H24N2O4/c1-4-8-23-16-7-5-6-14(10-16)9-15-11-20(12-24-13(2)3)18(22)19-17(15)21/h5-7,10-11,13H,4,8-9,12H2,1-3H3,(H,19,21,22). The van der Waals surface area contributed by atoms with Gasteiger partial charge in [-0.25, -0.2) is 4.79 Å². The van der Waals surface area contributed by atoms with Crippen LogP contribution in [0.2, 0.25) is 0 Å². The molecule has 0 aliphatic rings. The molecule has 0 saturated carbocycles. The minimum atomic E-state index is -0.468. The lowest BCUT2D eigenvalue weighted by Gasteiger charge is -2.11. The van der Waals surface area contributed by atoms with E-state index in [2.05, 4.69) is 4.98 Å². The van der Waals surface area contributed by atoms with Crippen LogP contribution in [-0.4, -0.2) is 22.3 Å². The van der Waals surface area contributed by atoms with Crippen molar-refractivity contribution in [2.24, 2.45) is 0 Å². The van der Waals surface area contributed by atoms with E-state index in [4.69, 9.17) is 9.47 Å². The Kier molecular flexibility index (Phi) is 6.37. The molecule has 1 aromatic carbocycles. The van der Waals surface area contributed by atoms with Gasteiger partial charge in [-0.3, -0.25) is 14.3 Å². The van der Waals surface area contributed by atoms with Gasteiger partial charge in [-0.1, -0.05) is 19.1 Å². The number of rotatable bonds is 8. The predicted octanol–water partition coefficient (Wildman–Crippen LogP) is 2.30. The molecule has 0 atom stereocenters. The molecule has 0 aliphatic heterocycles. The van der Waals surface area contributed by atoms with Gasteiger partial charge in [-0.15, -0.1) is 0 Å². The summed E-state index contributed by atoms with van der Waals surface area (Å²) < 4.78 is 12.4. The number of ether oxygens (including phenoxy) is 2. The van der Waals surface area contributed by atoms with Gasteiger partial charge < -0.3 is 9.47 Å². The van der Waals surface area contributed by atoms with E-state index in [-0.39, 0.29) is 18.4 Å². The normalized spacial score (nSPS) is 11.0. The molecule has 130 valence electrons. The monoisotopic (exact) mass is 332 g/mol. The molecular formula is C18H24N2O4. The lowest BCUT2D eigenvalue weighted by Crippen LogP contribution is -2.32. The minimum Gasteiger partial charge on any atom is -0.494 e. The summed E-state index contributed by atoms with van der Waals surface area (Å²) in [5, 5.41) is 0. The maximum Gasteiger partial charge on any atom is 0.330 e. The number of benzene rings is 1. The number of hydrogen-bond donors (Lipinski definition) is 1. The molecule has 0 aliphatic carbocycles. The summed E-state index contributed by atoms with van der Waals surface area (Å²) in [4.78, 5) is 26.2. The van der Waals surface area contributed by atoms with Gasteiger partial charge in [0.1, 0.15) is 12.5 Å². The van der Waals surface area contributed by atoms with Crippen molar-refractivity contribution in [3.05, 3.63) is 62.4 Å². The van der Waals surface area contributed by atoms with Crippen LogP contribution < -0.4 is 16.0 Å². The molecule has 1 N–H and O–H groups in total. The van der Waals surface area contributed by atoms with E-state index in [1.54, 1.807) is 6.20 Å². The van der Waals surface area contributed by atoms with Crippen LogP contribution in [0.25, 0.3) is 0 Å². The van der Waals surface area contributed by atoms with Crippen molar-refractivity contribution in [3.8, 4) is 5.75 Å². The lowest BCUT2D eigenvalue weighted by atomic mass is 10.1. The maximum atomic E-state index is 12.1. The molecule has 6 nitrogen and oxygen atoms in total. The number of H-pyrrole nitrogens is 1. The molecule has 1 heterocycles. The molecule has 24 heavy (non-hydrogen) atoms. The quantitative estimate of drug-likeness (QED) is 0.805. The second-order valence-electron chi connectivity index (χ2n) is 5.90. The summed E-state index contributed by atoms with van der Waals surface area (Å²) in [6.45, 7) is 6.59. The molecule has 6 heteroatoms. The highest BCUT2D eigenvalue weighted by Gasteiger charge is 2.07. The molecule has 0 amide bonds. The summed E-state index contributed by atoms with van der Waals surface area (Å²) in [5.74, 6) is 0.780. The molecule has 0 bridgehead atoms. The summed E-state index contributed by atoms with van der Waals surface area (Å²) in [7, 11) is 0. The van der Waals surface area contributed by atoms with E-state index in [1.165, 1.54) is 4.57 Å². The third-order valence-electron chi connectivity index (χ3n) is 3.40. The first-order chi connectivity index (χ1) is 11.5. The third-order valence-corrected chi connectivity index (χ3v) is 3.40. The highest BCUT2D eigenvalue weighted by molar-refractivity contribution is 5.31. The third kappa shape index (κ3) is 5.09. The van der Waals surface area contributed by atoms with E-state index in [1.807, 2.05) is 45.0 Å². The highest BCUT2D eigenvalue weighted by atomic mass is 16.5. The summed E-state index contributed by atoms with van der Waals surface area (Å²) in [5.41, 5.74) is 0.615. The first kappa shape index (κ1) is 18.0. The van der Waals surface area contributed by atoms with Crippen LogP contribution in [0.1, 0.15) is 38.3 Å². The Hall–Kier alpha value is -2.34. The van der Waals surface area contributed by atoms with Crippen LogP contribution >= 0.6 is 0 Å². The molecule has 0 saturated heterocycles. The SMILES string of the molecule is CCCOc1cccc(Cc2cn(COC(C)C)c(=O)[nH]c2=O)c1. The molecule has 0 unspecified atom stereocenters. The smallest absolute Gasteiger partial charge is 0.330 e. The minimum absolute atomic E-state index is 0.000302. The average Bonchev–Trinajstić information content (AvgIpc) is 2.54. The highest BCUT2D eigenvalue weighted by Crippen LogP contribution is 2.15. The van der Waals surface area contributed by atoms with Gasteiger partial charge in [-0.2, -0.15) is 0 Å². The van der Waals surface area contributed by atoms with Crippen molar-refractivity contribution in [2.75, 3.05) is 6.61 Å². The second-order valence-corrected chi connectivity index (χ2v) is 5.90. The molecule has 0 spiro atoms. The Bertz CT molecular complexity index is 777. The van der Waals surface area contributed by atoms with E-state index in [0.29, 0.717) is 18.6 Å². The van der Waals surface area contributed by atoms with Crippen LogP contribution in [0.4, 0.5) is 0 Å². The van der Waals surface area contributed by atoms with Crippen LogP contribution in [-0.2, 0) is 17.9 Å². The van der Waals surface area contributed by atoms with Crippen molar-refractivity contribution < 1.29 is 9.47 Å². The van der Waals surface area contributed by atoms with Gasteiger partial charge in [0.05, 0.1) is 12.7 Å². The fraction of sp³-hybridized carbons (Fsp3) is 0.444. The molecule has 0 radical (unpaired) electrons. The van der Waals surface area contributed by atoms with Crippen LogP contribution in [0.3, 0.4) is 0 Å². The van der Waals surface area contributed by atoms with E-state index >= 15 is 0 Å². The van der Waals surface area contributed by atoms with Crippen molar-refractivity contribution in [3.63, 3.8) is 0 Å². The van der Waals surface area contributed by atoms with Crippen molar-refractivity contribution >= 4 is 0 Å². The summed E-state index contributed by atoms with van der Waals surface area (Å²) >= 11 is 0. The average molecular weight is 332 g/mol. The van der Waals surface area contributed by atoms with Gasteiger partial charge in [0.15, 0.2) is 0 Å². The Morgan fingerprint density at radius 3 is 2.75 bits per heavy atom. The number of aromatic nitrogens is 2. The van der Waals surface area contributed by atoms with Crippen molar-refractivity contribution in [2.45, 2.75) is 46.4 Å². The Balaban J connectivity index is 2.21. The Labute approximate surface area is 141 Å². The van der Waals surface area contributed by atoms with Crippen LogP contribution in [0.5, 0.6) is 5.75 Å². The van der Waals surface area contributed by atoms with Crippen LogP contribution in [0, 0.1) is 0 Å². The zero-order chi connectivity index (χ0) is 17.5. The maximum absolute atomic E-state index is 12.1. The molecular weight excluding hydrogens is 308 g/mol. The van der Waals surface area contributed by atoms with Gasteiger partial charge >= 0.3 is 5.69 Å². The first-order valence-corrected chi connectivity index (χ1v) is 8.15. The number of aromatic amines is 1. The van der Waals surface area contributed by atoms with Gasteiger partial charge in [0, 0.05) is 18.2 Å². The fourth-order valence-corrected chi connectivity index (χ4v) is 2.19. The zero-order valence-corrected chi connectivity index (χ0v) is 14.4. The van der Waals surface area contributed by atoms with Crippen molar-refractivity contribution in [1.82, 2.24) is 9.55 Å². The molecule has 2 rings (SSSR count). The van der Waals surface area contributed by atoms with E-state index < -0.39 is 5.69 Å². The summed E-state index contributed by atoms with van der Waals surface area (Å²) in [6.07, 6.45) is 2.91. The Morgan fingerprint density at radius 1 is 1.25 bits per heavy atom.